The van der Waals surface area contributed by atoms with E-state index in [1.165, 1.54) is 18.2 Å². The van der Waals surface area contributed by atoms with Crippen molar-refractivity contribution in [3.8, 4) is 5.75 Å². The molecule has 0 aromatic heterocycles. The first-order chi connectivity index (χ1) is 11.4. The molecule has 0 unspecified atom stereocenters. The average molecular weight is 329 g/mol. The van der Waals surface area contributed by atoms with Gasteiger partial charge in [0.2, 0.25) is 0 Å². The zero-order valence-corrected chi connectivity index (χ0v) is 13.7. The van der Waals surface area contributed by atoms with Crippen LogP contribution in [-0.4, -0.2) is 29.0 Å². The van der Waals surface area contributed by atoms with Crippen LogP contribution in [0, 0.1) is 0 Å². The van der Waals surface area contributed by atoms with Gasteiger partial charge in [-0.15, -0.1) is 0 Å². The van der Waals surface area contributed by atoms with Crippen LogP contribution in [0.25, 0.3) is 0 Å². The van der Waals surface area contributed by atoms with E-state index in [1.807, 2.05) is 0 Å². The first-order valence-electron chi connectivity index (χ1n) is 8.05. The third-order valence-corrected chi connectivity index (χ3v) is 4.19. The fourth-order valence-electron chi connectivity index (χ4n) is 3.08. The zero-order valence-electron chi connectivity index (χ0n) is 13.7. The molecule has 2 amide bonds. The maximum atomic E-state index is 12.6. The van der Waals surface area contributed by atoms with E-state index in [9.17, 15) is 19.5 Å². The summed E-state index contributed by atoms with van der Waals surface area (Å²) in [5.74, 6) is -1.60. The van der Waals surface area contributed by atoms with Gasteiger partial charge < -0.3 is 9.84 Å². The highest BCUT2D eigenvalue weighted by Crippen LogP contribution is 2.36. The Kier molecular flexibility index (Phi) is 4.13. The number of phenolic OH excluding ortho intramolecular Hbond substituents is 1. The fraction of sp³-hybridized carbons (Fsp3) is 0.389. The van der Waals surface area contributed by atoms with Crippen LogP contribution in [0.1, 0.15) is 49.9 Å². The second-order valence-electron chi connectivity index (χ2n) is 6.27. The first-order valence-corrected chi connectivity index (χ1v) is 8.05. The van der Waals surface area contributed by atoms with Crippen molar-refractivity contribution in [2.45, 2.75) is 45.6 Å². The minimum absolute atomic E-state index is 0.0633. The molecule has 6 nitrogen and oxygen atoms in total. The van der Waals surface area contributed by atoms with Crippen LogP contribution in [0.3, 0.4) is 0 Å². The van der Waals surface area contributed by atoms with Gasteiger partial charge in [-0.05, 0) is 57.7 Å². The molecule has 3 rings (SSSR count). The molecular formula is C18H19NO5. The molecule has 1 heterocycles. The number of carbonyl (C=O) groups is 3. The first kappa shape index (κ1) is 16.2. The monoisotopic (exact) mass is 329 g/mol. The van der Waals surface area contributed by atoms with E-state index in [0.717, 1.165) is 17.7 Å². The third kappa shape index (κ3) is 2.68. The predicted molar refractivity (Wildman–Crippen MR) is 86.6 cm³/mol. The summed E-state index contributed by atoms with van der Waals surface area (Å²) in [4.78, 5) is 38.3. The molecule has 6 heteroatoms. The number of ether oxygens (including phenoxy) is 1. The van der Waals surface area contributed by atoms with E-state index < -0.39 is 5.97 Å². The van der Waals surface area contributed by atoms with E-state index in [2.05, 4.69) is 0 Å². The molecule has 1 aromatic carbocycles. The molecule has 0 fully saturated rings. The number of hydrogen-bond acceptors (Lipinski definition) is 5. The summed E-state index contributed by atoms with van der Waals surface area (Å²) in [7, 11) is 0. The average Bonchev–Trinajstić information content (AvgIpc) is 2.79. The van der Waals surface area contributed by atoms with E-state index in [0.29, 0.717) is 24.0 Å². The lowest BCUT2D eigenvalue weighted by Gasteiger charge is -2.17. The smallest absolute Gasteiger partial charge is 0.342 e. The number of carbonyl (C=O) groups excluding carboxylic acids is 3. The summed E-state index contributed by atoms with van der Waals surface area (Å²) in [5.41, 5.74) is 1.36. The molecule has 0 atom stereocenters. The number of benzene rings is 1. The summed E-state index contributed by atoms with van der Waals surface area (Å²) < 4.78 is 5.09. The second-order valence-corrected chi connectivity index (χ2v) is 6.27. The minimum Gasteiger partial charge on any atom is -0.507 e. The molecule has 0 bridgehead atoms. The molecule has 1 N–H and O–H groups in total. The lowest BCUT2D eigenvalue weighted by Crippen LogP contribution is -2.31. The Morgan fingerprint density at radius 2 is 1.71 bits per heavy atom. The Hall–Kier alpha value is -2.63. The zero-order chi connectivity index (χ0) is 17.4. The number of aromatic hydroxyl groups is 1. The number of nitrogens with zero attached hydrogens (tertiary/aromatic N) is 1. The van der Waals surface area contributed by atoms with Crippen molar-refractivity contribution >= 4 is 23.5 Å². The number of esters is 1. The lowest BCUT2D eigenvalue weighted by atomic mass is 9.93. The van der Waals surface area contributed by atoms with Gasteiger partial charge in [0.1, 0.15) is 11.3 Å². The summed E-state index contributed by atoms with van der Waals surface area (Å²) in [6.07, 6.45) is 2.66. The van der Waals surface area contributed by atoms with Crippen molar-refractivity contribution < 1.29 is 24.2 Å². The quantitative estimate of drug-likeness (QED) is 0.681. The highest BCUT2D eigenvalue weighted by atomic mass is 16.5. The Bertz CT molecular complexity index is 735. The summed E-state index contributed by atoms with van der Waals surface area (Å²) >= 11 is 0. The van der Waals surface area contributed by atoms with Gasteiger partial charge in [-0.3, -0.25) is 9.59 Å². The van der Waals surface area contributed by atoms with Crippen molar-refractivity contribution in [2.24, 2.45) is 0 Å². The van der Waals surface area contributed by atoms with Gasteiger partial charge in [-0.1, -0.05) is 0 Å². The van der Waals surface area contributed by atoms with Gasteiger partial charge in [0.25, 0.3) is 11.8 Å². The topological polar surface area (TPSA) is 83.9 Å². The summed E-state index contributed by atoms with van der Waals surface area (Å²) in [5, 5.41) is 9.90. The van der Waals surface area contributed by atoms with Crippen molar-refractivity contribution in [3.63, 3.8) is 0 Å². The summed E-state index contributed by atoms with van der Waals surface area (Å²) in [6.45, 7) is 3.40. The SMILES string of the molecule is CC(C)OC(=O)c1cc(N2C(=O)C3=C(CCCC3)C2=O)ccc1O. The van der Waals surface area contributed by atoms with E-state index >= 15 is 0 Å². The molecule has 0 radical (unpaired) electrons. The molecular weight excluding hydrogens is 310 g/mol. The Morgan fingerprint density at radius 3 is 2.25 bits per heavy atom. The maximum Gasteiger partial charge on any atom is 0.342 e. The normalized spacial score (nSPS) is 17.5. The van der Waals surface area contributed by atoms with Crippen molar-refractivity contribution in [3.05, 3.63) is 34.9 Å². The molecule has 126 valence electrons. The standard InChI is InChI=1S/C18H19NO5/c1-10(2)24-18(23)14-9-11(7-8-15(14)20)19-16(21)12-5-3-4-6-13(12)17(19)22/h7-10,20H,3-6H2,1-2H3. The van der Waals surface area contributed by atoms with Gasteiger partial charge in [0.05, 0.1) is 11.8 Å². The second kappa shape index (κ2) is 6.11. The number of hydrogen-bond donors (Lipinski definition) is 1. The van der Waals surface area contributed by atoms with Crippen LogP contribution < -0.4 is 4.90 Å². The Morgan fingerprint density at radius 1 is 1.12 bits per heavy atom. The summed E-state index contributed by atoms with van der Waals surface area (Å²) in [6, 6.07) is 4.08. The fourth-order valence-corrected chi connectivity index (χ4v) is 3.08. The van der Waals surface area contributed by atoms with Crippen molar-refractivity contribution in [1.82, 2.24) is 0 Å². The van der Waals surface area contributed by atoms with Crippen molar-refractivity contribution in [1.29, 1.82) is 0 Å². The van der Waals surface area contributed by atoms with Crippen LogP contribution in [0.15, 0.2) is 29.3 Å². The number of imide groups is 1. The van der Waals surface area contributed by atoms with Gasteiger partial charge in [-0.2, -0.15) is 0 Å². The number of amides is 2. The van der Waals surface area contributed by atoms with Gasteiger partial charge in [0, 0.05) is 11.1 Å². The number of phenols is 1. The van der Waals surface area contributed by atoms with E-state index in [-0.39, 0.29) is 34.9 Å². The molecule has 1 aliphatic carbocycles. The molecule has 1 aromatic rings. The van der Waals surface area contributed by atoms with Gasteiger partial charge >= 0.3 is 5.97 Å². The predicted octanol–water partition coefficient (Wildman–Crippen LogP) is 2.70. The van der Waals surface area contributed by atoms with Crippen LogP contribution in [0.5, 0.6) is 5.75 Å². The van der Waals surface area contributed by atoms with E-state index in [1.54, 1.807) is 13.8 Å². The Balaban J connectivity index is 1.95. The molecule has 0 spiro atoms. The number of anilines is 1. The van der Waals surface area contributed by atoms with E-state index in [4.69, 9.17) is 4.74 Å². The highest BCUT2D eigenvalue weighted by molar-refractivity contribution is 6.33. The molecule has 0 saturated carbocycles. The third-order valence-electron chi connectivity index (χ3n) is 4.19. The molecule has 0 saturated heterocycles. The van der Waals surface area contributed by atoms with Gasteiger partial charge in [-0.25, -0.2) is 9.69 Å². The molecule has 2 aliphatic rings. The van der Waals surface area contributed by atoms with Crippen LogP contribution in [-0.2, 0) is 14.3 Å². The van der Waals surface area contributed by atoms with Gasteiger partial charge in [0.15, 0.2) is 0 Å². The highest BCUT2D eigenvalue weighted by Gasteiger charge is 2.40. The largest absolute Gasteiger partial charge is 0.507 e. The molecule has 1 aliphatic heterocycles. The number of rotatable bonds is 3. The molecule has 24 heavy (non-hydrogen) atoms. The Labute approximate surface area is 139 Å². The van der Waals surface area contributed by atoms with Crippen LogP contribution in [0.4, 0.5) is 5.69 Å². The maximum absolute atomic E-state index is 12.6. The van der Waals surface area contributed by atoms with Crippen LogP contribution in [0.2, 0.25) is 0 Å². The lowest BCUT2D eigenvalue weighted by molar-refractivity contribution is -0.120. The van der Waals surface area contributed by atoms with Crippen molar-refractivity contribution in [2.75, 3.05) is 4.90 Å². The van der Waals surface area contributed by atoms with Crippen LogP contribution >= 0.6 is 0 Å². The minimum atomic E-state index is -0.693.